The summed E-state index contributed by atoms with van der Waals surface area (Å²) in [7, 11) is -4.72. The molecular formula is C22H31O7P. The van der Waals surface area contributed by atoms with E-state index in [-0.39, 0.29) is 40.7 Å². The molecule has 4 rings (SSSR count). The lowest BCUT2D eigenvalue weighted by atomic mass is 9.46. The van der Waals surface area contributed by atoms with Gasteiger partial charge in [-0.05, 0) is 61.0 Å². The second-order valence-electron chi connectivity index (χ2n) is 10.2. The zero-order valence-corrected chi connectivity index (χ0v) is 18.5. The minimum absolute atomic E-state index is 0.00117. The smallest absolute Gasteiger partial charge is 0.393 e. The van der Waals surface area contributed by atoms with Crippen molar-refractivity contribution in [1.82, 2.24) is 0 Å². The Labute approximate surface area is 176 Å². The highest BCUT2D eigenvalue weighted by molar-refractivity contribution is 7.46. The molecule has 0 aromatic carbocycles. The lowest BCUT2D eigenvalue weighted by Crippen LogP contribution is -2.56. The van der Waals surface area contributed by atoms with Gasteiger partial charge in [-0.2, -0.15) is 0 Å². The van der Waals surface area contributed by atoms with Crippen LogP contribution < -0.4 is 0 Å². The van der Waals surface area contributed by atoms with Crippen LogP contribution in [0.3, 0.4) is 0 Å². The van der Waals surface area contributed by atoms with E-state index >= 15 is 0 Å². The van der Waals surface area contributed by atoms with Gasteiger partial charge in [0, 0.05) is 17.3 Å². The highest BCUT2D eigenvalue weighted by Gasteiger charge is 2.64. The molecule has 3 fully saturated rings. The molecule has 0 aromatic rings. The van der Waals surface area contributed by atoms with Crippen molar-refractivity contribution >= 4 is 19.4 Å². The standard InChI is InChI=1S/C22H31O7P/c1-12-8-16-15-5-4-13-9-14(23)6-7-21(13,2)20(15)17(24)10-22(16,3)19(12)18(25)11-29-30(26,27)28/h6-7,9,12,15-17,19-20,24H,4-5,8,10-11H2,1-3H3,(H2,26,27,28)/t12-,15?,16?,17?,19?,20?,21?,22?/m0/s1. The predicted molar refractivity (Wildman–Crippen MR) is 109 cm³/mol. The van der Waals surface area contributed by atoms with E-state index in [2.05, 4.69) is 18.4 Å². The van der Waals surface area contributed by atoms with Crippen LogP contribution in [0.2, 0.25) is 0 Å². The van der Waals surface area contributed by atoms with Crippen molar-refractivity contribution in [2.24, 2.45) is 40.4 Å². The van der Waals surface area contributed by atoms with Crippen molar-refractivity contribution < 1.29 is 33.6 Å². The molecule has 0 amide bonds. The number of rotatable bonds is 4. The summed E-state index contributed by atoms with van der Waals surface area (Å²) in [6.45, 7) is 5.56. The summed E-state index contributed by atoms with van der Waals surface area (Å²) in [5.74, 6) is -0.207. The highest BCUT2D eigenvalue weighted by atomic mass is 31.2. The van der Waals surface area contributed by atoms with Crippen molar-refractivity contribution in [2.75, 3.05) is 6.61 Å². The first-order valence-electron chi connectivity index (χ1n) is 10.7. The highest BCUT2D eigenvalue weighted by Crippen LogP contribution is 2.67. The number of carbonyl (C=O) groups is 2. The van der Waals surface area contributed by atoms with Gasteiger partial charge in [-0.3, -0.25) is 14.1 Å². The molecule has 7 nitrogen and oxygen atoms in total. The molecule has 4 aliphatic carbocycles. The second kappa shape index (κ2) is 7.21. The van der Waals surface area contributed by atoms with Gasteiger partial charge in [0.05, 0.1) is 6.10 Å². The maximum atomic E-state index is 12.9. The number of phosphoric acid groups is 1. The number of Topliss-reactive ketones (excluding diaryl/α,β-unsaturated/α-hetero) is 1. The fourth-order valence-electron chi connectivity index (χ4n) is 7.62. The van der Waals surface area contributed by atoms with Crippen LogP contribution in [0.4, 0.5) is 0 Å². The Hall–Kier alpha value is -1.11. The molecule has 3 N–H and O–H groups in total. The number of phosphoric ester groups is 1. The van der Waals surface area contributed by atoms with Gasteiger partial charge in [-0.15, -0.1) is 0 Å². The van der Waals surface area contributed by atoms with E-state index in [4.69, 9.17) is 9.79 Å². The summed E-state index contributed by atoms with van der Waals surface area (Å²) in [6, 6.07) is 0. The Morgan fingerprint density at radius 1 is 1.33 bits per heavy atom. The number of ketones is 2. The molecule has 7 unspecified atom stereocenters. The summed E-state index contributed by atoms with van der Waals surface area (Å²) in [5, 5.41) is 11.3. The predicted octanol–water partition coefficient (Wildman–Crippen LogP) is 2.81. The largest absolute Gasteiger partial charge is 0.470 e. The number of allylic oxidation sites excluding steroid dienone is 4. The van der Waals surface area contributed by atoms with Gasteiger partial charge in [0.25, 0.3) is 0 Å². The Balaban J connectivity index is 1.64. The summed E-state index contributed by atoms with van der Waals surface area (Å²) >= 11 is 0. The van der Waals surface area contributed by atoms with Crippen LogP contribution in [0.25, 0.3) is 0 Å². The Morgan fingerprint density at radius 3 is 2.70 bits per heavy atom. The van der Waals surface area contributed by atoms with E-state index in [9.17, 15) is 19.3 Å². The molecule has 3 saturated carbocycles. The lowest BCUT2D eigenvalue weighted by molar-refractivity contribution is -0.142. The number of aliphatic hydroxyl groups excluding tert-OH is 1. The SMILES string of the molecule is C[C@H]1CC2C3CCC4=CC(=O)C=CC4(C)C3C(O)CC2(C)C1C(=O)COP(=O)(O)O. The Morgan fingerprint density at radius 2 is 2.03 bits per heavy atom. The van der Waals surface area contributed by atoms with E-state index in [1.54, 1.807) is 12.2 Å². The third-order valence-electron chi connectivity index (χ3n) is 8.56. The topological polar surface area (TPSA) is 121 Å². The minimum atomic E-state index is -4.72. The van der Waals surface area contributed by atoms with E-state index in [0.717, 1.165) is 24.8 Å². The van der Waals surface area contributed by atoms with Gasteiger partial charge in [0.2, 0.25) is 0 Å². The van der Waals surface area contributed by atoms with Gasteiger partial charge in [0.1, 0.15) is 6.61 Å². The van der Waals surface area contributed by atoms with Gasteiger partial charge in [-0.25, -0.2) is 4.57 Å². The summed E-state index contributed by atoms with van der Waals surface area (Å²) in [4.78, 5) is 42.8. The minimum Gasteiger partial charge on any atom is -0.393 e. The maximum absolute atomic E-state index is 12.9. The normalized spacial score (nSPS) is 45.4. The van der Waals surface area contributed by atoms with E-state index in [1.807, 2.05) is 13.0 Å². The zero-order chi connectivity index (χ0) is 22.1. The van der Waals surface area contributed by atoms with Crippen LogP contribution in [0.15, 0.2) is 23.8 Å². The van der Waals surface area contributed by atoms with Crippen molar-refractivity contribution in [3.8, 4) is 0 Å². The first-order chi connectivity index (χ1) is 13.9. The first kappa shape index (κ1) is 22.1. The molecule has 0 spiro atoms. The average Bonchev–Trinajstić information content (AvgIpc) is 2.89. The van der Waals surface area contributed by atoms with Gasteiger partial charge < -0.3 is 14.9 Å². The van der Waals surface area contributed by atoms with Crippen LogP contribution in [0.1, 0.15) is 46.5 Å². The molecule has 30 heavy (non-hydrogen) atoms. The zero-order valence-electron chi connectivity index (χ0n) is 17.7. The van der Waals surface area contributed by atoms with Crippen LogP contribution in [0, 0.1) is 40.4 Å². The van der Waals surface area contributed by atoms with Gasteiger partial charge in [0.15, 0.2) is 11.6 Å². The third kappa shape index (κ3) is 3.39. The number of aliphatic hydroxyl groups is 1. The number of hydrogen-bond acceptors (Lipinski definition) is 5. The monoisotopic (exact) mass is 438 g/mol. The second-order valence-corrected chi connectivity index (χ2v) is 11.5. The molecule has 0 heterocycles. The van der Waals surface area contributed by atoms with Crippen molar-refractivity contribution in [1.29, 1.82) is 0 Å². The molecule has 0 aliphatic heterocycles. The Kier molecular flexibility index (Phi) is 5.31. The molecule has 0 radical (unpaired) electrons. The maximum Gasteiger partial charge on any atom is 0.470 e. The molecule has 166 valence electrons. The van der Waals surface area contributed by atoms with Crippen molar-refractivity contribution in [3.05, 3.63) is 23.8 Å². The van der Waals surface area contributed by atoms with E-state index < -0.39 is 31.9 Å². The van der Waals surface area contributed by atoms with Gasteiger partial charge in [-0.1, -0.05) is 32.4 Å². The summed E-state index contributed by atoms with van der Waals surface area (Å²) in [5.41, 5.74) is 0.292. The Bertz CT molecular complexity index is 873. The lowest BCUT2D eigenvalue weighted by Gasteiger charge is -2.58. The third-order valence-corrected chi connectivity index (χ3v) is 9.02. The molecule has 0 bridgehead atoms. The fourth-order valence-corrected chi connectivity index (χ4v) is 7.91. The summed E-state index contributed by atoms with van der Waals surface area (Å²) in [6.07, 6.45) is 7.65. The quantitative estimate of drug-likeness (QED) is 0.577. The van der Waals surface area contributed by atoms with Gasteiger partial charge >= 0.3 is 7.82 Å². The molecule has 0 aromatic heterocycles. The number of hydrogen-bond donors (Lipinski definition) is 3. The molecule has 8 heteroatoms. The van der Waals surface area contributed by atoms with Crippen molar-refractivity contribution in [3.63, 3.8) is 0 Å². The van der Waals surface area contributed by atoms with E-state index in [0.29, 0.717) is 6.42 Å². The molecule has 4 aliphatic rings. The average molecular weight is 438 g/mol. The molecule has 8 atom stereocenters. The number of fused-ring (bicyclic) bond motifs is 5. The summed E-state index contributed by atoms with van der Waals surface area (Å²) < 4.78 is 15.6. The molecular weight excluding hydrogens is 407 g/mol. The van der Waals surface area contributed by atoms with Crippen molar-refractivity contribution in [2.45, 2.75) is 52.6 Å². The van der Waals surface area contributed by atoms with E-state index in [1.165, 1.54) is 0 Å². The fraction of sp³-hybridized carbons (Fsp3) is 0.727. The van der Waals surface area contributed by atoms with Crippen LogP contribution in [-0.2, 0) is 18.7 Å². The first-order valence-corrected chi connectivity index (χ1v) is 12.2. The van der Waals surface area contributed by atoms with Crippen LogP contribution in [0.5, 0.6) is 0 Å². The number of carbonyl (C=O) groups excluding carboxylic acids is 2. The van der Waals surface area contributed by atoms with Crippen LogP contribution in [-0.4, -0.2) is 39.2 Å². The van der Waals surface area contributed by atoms with Crippen LogP contribution >= 0.6 is 7.82 Å². The molecule has 0 saturated heterocycles.